The summed E-state index contributed by atoms with van der Waals surface area (Å²) in [4.78, 5) is 44.5. The lowest BCUT2D eigenvalue weighted by Crippen LogP contribution is -2.44. The lowest BCUT2D eigenvalue weighted by Gasteiger charge is -2.20. The van der Waals surface area contributed by atoms with Gasteiger partial charge in [-0.05, 0) is 30.3 Å². The van der Waals surface area contributed by atoms with Gasteiger partial charge < -0.3 is 29.7 Å². The maximum absolute atomic E-state index is 13.1. The van der Waals surface area contributed by atoms with Crippen molar-refractivity contribution in [3.63, 3.8) is 0 Å². The molecule has 1 aromatic carbocycles. The zero-order chi connectivity index (χ0) is 27.2. The number of aromatic nitrogens is 4. The number of fused-ring (bicyclic) bond motifs is 4. The van der Waals surface area contributed by atoms with Gasteiger partial charge in [0.2, 0.25) is 5.91 Å². The minimum Gasteiger partial charge on any atom is -0.497 e. The average Bonchev–Trinajstić information content (AvgIpc) is 3.58. The van der Waals surface area contributed by atoms with Gasteiger partial charge in [0.05, 0.1) is 38.6 Å². The molecule has 39 heavy (non-hydrogen) atoms. The quantitative estimate of drug-likeness (QED) is 0.474. The number of nitrogens with one attached hydrogen (secondary N) is 2. The SMILES string of the molecule is COc1cccc(C(=O)NCCC(=O)N2C[C@@H]3NC(=O)c4ncccc4OCCn4cc(nn4)CO[C@H]3C2)c1. The molecule has 13 heteroatoms. The summed E-state index contributed by atoms with van der Waals surface area (Å²) in [5, 5.41) is 13.9. The second-order valence-corrected chi connectivity index (χ2v) is 9.14. The fourth-order valence-electron chi connectivity index (χ4n) is 4.46. The van der Waals surface area contributed by atoms with E-state index in [-0.39, 0.29) is 56.8 Å². The molecule has 0 radical (unpaired) electrons. The number of pyridine rings is 1. The Morgan fingerprint density at radius 1 is 1.23 bits per heavy atom. The molecule has 1 saturated heterocycles. The monoisotopic (exact) mass is 535 g/mol. The van der Waals surface area contributed by atoms with Crippen LogP contribution in [0.3, 0.4) is 0 Å². The fourth-order valence-corrected chi connectivity index (χ4v) is 4.46. The molecule has 3 aromatic rings. The van der Waals surface area contributed by atoms with E-state index in [0.29, 0.717) is 29.3 Å². The van der Waals surface area contributed by atoms with Gasteiger partial charge in [-0.15, -0.1) is 5.10 Å². The highest BCUT2D eigenvalue weighted by Gasteiger charge is 2.37. The summed E-state index contributed by atoms with van der Waals surface area (Å²) in [7, 11) is 1.53. The van der Waals surface area contributed by atoms with Crippen molar-refractivity contribution in [2.45, 2.75) is 31.7 Å². The van der Waals surface area contributed by atoms with Gasteiger partial charge in [0, 0.05) is 37.8 Å². The molecule has 2 N–H and O–H groups in total. The first-order valence-electron chi connectivity index (χ1n) is 12.6. The summed E-state index contributed by atoms with van der Waals surface area (Å²) in [5.74, 6) is 0.0364. The molecule has 0 unspecified atom stereocenters. The minimum atomic E-state index is -0.485. The van der Waals surface area contributed by atoms with Crippen molar-refractivity contribution >= 4 is 17.7 Å². The zero-order valence-corrected chi connectivity index (χ0v) is 21.4. The number of amides is 3. The van der Waals surface area contributed by atoms with Crippen LogP contribution in [-0.4, -0.2) is 88.1 Å². The van der Waals surface area contributed by atoms with Crippen LogP contribution in [0.2, 0.25) is 0 Å². The van der Waals surface area contributed by atoms with Crippen molar-refractivity contribution < 1.29 is 28.6 Å². The van der Waals surface area contributed by atoms with Crippen LogP contribution >= 0.6 is 0 Å². The summed E-state index contributed by atoms with van der Waals surface area (Å²) >= 11 is 0. The number of carbonyl (C=O) groups excluding carboxylic acids is 3. The molecule has 3 amide bonds. The molecular weight excluding hydrogens is 506 g/mol. The van der Waals surface area contributed by atoms with E-state index in [9.17, 15) is 14.4 Å². The smallest absolute Gasteiger partial charge is 0.274 e. The molecule has 2 aliphatic rings. The first-order chi connectivity index (χ1) is 19.0. The van der Waals surface area contributed by atoms with Gasteiger partial charge in [0.1, 0.15) is 18.1 Å². The highest BCUT2D eigenvalue weighted by molar-refractivity contribution is 5.95. The fraction of sp³-hybridized carbons (Fsp3) is 0.385. The largest absolute Gasteiger partial charge is 0.497 e. The van der Waals surface area contributed by atoms with Gasteiger partial charge in [-0.25, -0.2) is 9.67 Å². The number of hydrogen-bond donors (Lipinski definition) is 2. The number of ether oxygens (including phenoxy) is 3. The predicted octanol–water partition coefficient (Wildman–Crippen LogP) is 0.420. The van der Waals surface area contributed by atoms with Crippen molar-refractivity contribution in [3.8, 4) is 11.5 Å². The van der Waals surface area contributed by atoms with Gasteiger partial charge in [0.25, 0.3) is 11.8 Å². The molecule has 4 heterocycles. The standard InChI is InChI=1S/C26H29N7O6/c1-37-19-5-2-4-17(12-19)25(35)28-9-7-23(34)32-14-20-22(15-32)39-16-18-13-33(31-30-18)10-11-38-21-6-3-8-27-24(21)26(36)29-20/h2-6,8,12-13,20,22H,7,9-11,14-16H2,1H3,(H,28,35)(H,29,36)/t20-,22-/m0/s1. The van der Waals surface area contributed by atoms with Crippen LogP contribution < -0.4 is 20.1 Å². The summed E-state index contributed by atoms with van der Waals surface area (Å²) in [5.41, 5.74) is 1.22. The predicted molar refractivity (Wildman–Crippen MR) is 136 cm³/mol. The lowest BCUT2D eigenvalue weighted by molar-refractivity contribution is -0.130. The van der Waals surface area contributed by atoms with Crippen LogP contribution in [0.4, 0.5) is 0 Å². The molecule has 2 aliphatic heterocycles. The number of nitrogens with zero attached hydrogens (tertiary/aromatic N) is 5. The molecule has 2 bridgehead atoms. The Labute approximate surface area is 224 Å². The first-order valence-corrected chi connectivity index (χ1v) is 12.6. The normalized spacial score (nSPS) is 19.1. The van der Waals surface area contributed by atoms with E-state index in [4.69, 9.17) is 14.2 Å². The minimum absolute atomic E-state index is 0.0929. The molecule has 0 saturated carbocycles. The Bertz CT molecular complexity index is 1350. The van der Waals surface area contributed by atoms with Gasteiger partial charge in [-0.3, -0.25) is 14.4 Å². The summed E-state index contributed by atoms with van der Waals surface area (Å²) < 4.78 is 18.7. The van der Waals surface area contributed by atoms with Crippen molar-refractivity contribution in [2.24, 2.45) is 0 Å². The molecule has 2 aromatic heterocycles. The van der Waals surface area contributed by atoms with Gasteiger partial charge in [-0.1, -0.05) is 11.3 Å². The van der Waals surface area contributed by atoms with E-state index < -0.39 is 18.1 Å². The highest BCUT2D eigenvalue weighted by atomic mass is 16.5. The number of likely N-dealkylation sites (tertiary alicyclic amines) is 1. The molecule has 0 spiro atoms. The topological polar surface area (TPSA) is 150 Å². The van der Waals surface area contributed by atoms with E-state index in [0.717, 1.165) is 0 Å². The summed E-state index contributed by atoms with van der Waals surface area (Å²) in [6, 6.07) is 9.66. The zero-order valence-electron chi connectivity index (χ0n) is 21.4. The van der Waals surface area contributed by atoms with Crippen molar-refractivity contribution in [3.05, 3.63) is 65.7 Å². The van der Waals surface area contributed by atoms with Gasteiger partial charge in [-0.2, -0.15) is 0 Å². The Hall–Kier alpha value is -4.52. The average molecular weight is 536 g/mol. The van der Waals surface area contributed by atoms with Crippen LogP contribution in [0.5, 0.6) is 11.5 Å². The first kappa shape index (κ1) is 26.1. The maximum Gasteiger partial charge on any atom is 0.274 e. The molecule has 1 fully saturated rings. The van der Waals surface area contributed by atoms with E-state index in [2.05, 4.69) is 25.9 Å². The van der Waals surface area contributed by atoms with Crippen molar-refractivity contribution in [1.82, 2.24) is 35.5 Å². The van der Waals surface area contributed by atoms with Crippen LogP contribution in [0.25, 0.3) is 0 Å². The number of rotatable bonds is 5. The van der Waals surface area contributed by atoms with E-state index in [1.165, 1.54) is 13.3 Å². The Balaban J connectivity index is 1.24. The summed E-state index contributed by atoms with van der Waals surface area (Å²) in [6.45, 7) is 1.56. The van der Waals surface area contributed by atoms with E-state index >= 15 is 0 Å². The second kappa shape index (κ2) is 11.9. The number of benzene rings is 1. The molecule has 5 rings (SSSR count). The number of carbonyl (C=O) groups is 3. The molecule has 204 valence electrons. The van der Waals surface area contributed by atoms with Crippen molar-refractivity contribution in [1.29, 1.82) is 0 Å². The van der Waals surface area contributed by atoms with Crippen LogP contribution in [0, 0.1) is 0 Å². The lowest BCUT2D eigenvalue weighted by atomic mass is 10.2. The maximum atomic E-state index is 13.1. The Kier molecular flexibility index (Phi) is 7.96. The van der Waals surface area contributed by atoms with Gasteiger partial charge >= 0.3 is 0 Å². The Morgan fingerprint density at radius 2 is 2.13 bits per heavy atom. The highest BCUT2D eigenvalue weighted by Crippen LogP contribution is 2.20. The third-order valence-corrected chi connectivity index (χ3v) is 6.49. The van der Waals surface area contributed by atoms with Gasteiger partial charge in [0.15, 0.2) is 11.4 Å². The van der Waals surface area contributed by atoms with Crippen molar-refractivity contribution in [2.75, 3.05) is 33.4 Å². The second-order valence-electron chi connectivity index (χ2n) is 9.14. The number of methoxy groups -OCH3 is 1. The van der Waals surface area contributed by atoms with Crippen LogP contribution in [-0.2, 0) is 22.7 Å². The molecule has 0 aliphatic carbocycles. The molecule has 2 atom stereocenters. The molecular formula is C26H29N7O6. The van der Waals surface area contributed by atoms with E-state index in [1.54, 1.807) is 52.2 Å². The molecule has 13 nitrogen and oxygen atoms in total. The Morgan fingerprint density at radius 3 is 3.00 bits per heavy atom. The summed E-state index contributed by atoms with van der Waals surface area (Å²) in [6.07, 6.45) is 2.91. The number of hydrogen-bond acceptors (Lipinski definition) is 9. The third kappa shape index (κ3) is 6.32. The van der Waals surface area contributed by atoms with Crippen LogP contribution in [0.1, 0.15) is 33.0 Å². The van der Waals surface area contributed by atoms with E-state index in [1.807, 2.05) is 0 Å². The third-order valence-electron chi connectivity index (χ3n) is 6.49. The van der Waals surface area contributed by atoms with Crippen LogP contribution in [0.15, 0.2) is 48.8 Å².